The number of hydrogen-bond acceptors (Lipinski definition) is 2. The van der Waals surface area contributed by atoms with Crippen LogP contribution in [0.25, 0.3) is 0 Å². The van der Waals surface area contributed by atoms with E-state index in [1.807, 2.05) is 12.3 Å². The topological polar surface area (TPSA) is 55.1 Å². The summed E-state index contributed by atoms with van der Waals surface area (Å²) in [6.45, 7) is 1.94. The van der Waals surface area contributed by atoms with Crippen molar-refractivity contribution in [2.45, 2.75) is 13.3 Å². The van der Waals surface area contributed by atoms with Crippen LogP contribution in [-0.2, 0) is 4.79 Å². The highest BCUT2D eigenvalue weighted by molar-refractivity contribution is 5.86. The molecule has 1 amide bonds. The highest BCUT2D eigenvalue weighted by Crippen LogP contribution is 1.76. The molecule has 0 unspecified atom stereocenters. The molecule has 3 N–H and O–H groups in total. The summed E-state index contributed by atoms with van der Waals surface area (Å²) in [7, 11) is 0. The smallest absolute Gasteiger partial charge is 0.257 e. The molecule has 0 spiro atoms. The predicted molar refractivity (Wildman–Crippen MR) is 31.8 cm³/mol. The Morgan fingerprint density at radius 1 is 1.88 bits per heavy atom. The molecule has 0 radical (unpaired) electrons. The average molecular weight is 114 g/mol. The van der Waals surface area contributed by atoms with E-state index in [1.54, 1.807) is 6.08 Å². The van der Waals surface area contributed by atoms with E-state index in [2.05, 4.69) is 0 Å². The normalized spacial score (nSPS) is 9.75. The van der Waals surface area contributed by atoms with Gasteiger partial charge in [-0.05, 0) is 6.42 Å². The van der Waals surface area contributed by atoms with Crippen LogP contribution in [0, 0.1) is 0 Å². The summed E-state index contributed by atoms with van der Waals surface area (Å²) < 4.78 is 0. The zero-order chi connectivity index (χ0) is 6.41. The maximum Gasteiger partial charge on any atom is 0.257 e. The van der Waals surface area contributed by atoms with Crippen molar-refractivity contribution >= 4 is 5.91 Å². The first-order valence-corrected chi connectivity index (χ1v) is 2.48. The molecule has 46 valence electrons. The minimum Gasteiger partial charge on any atom is -0.291 e. The van der Waals surface area contributed by atoms with Gasteiger partial charge in [0.05, 0.1) is 0 Å². The molecule has 3 heteroatoms. The van der Waals surface area contributed by atoms with Gasteiger partial charge in [0.15, 0.2) is 0 Å². The number of nitrogens with one attached hydrogen (secondary N) is 1. The molecule has 0 aliphatic heterocycles. The van der Waals surface area contributed by atoms with Crippen molar-refractivity contribution in [3.8, 4) is 0 Å². The number of nitrogens with two attached hydrogens (primary N) is 1. The third-order valence-electron chi connectivity index (χ3n) is 0.647. The Hall–Kier alpha value is -0.830. The van der Waals surface area contributed by atoms with Gasteiger partial charge < -0.3 is 0 Å². The first-order valence-electron chi connectivity index (χ1n) is 2.48. The van der Waals surface area contributed by atoms with Crippen LogP contribution >= 0.6 is 0 Å². The SMILES string of the molecule is CC/C=C\C(=O)NN. The van der Waals surface area contributed by atoms with Crippen molar-refractivity contribution in [1.29, 1.82) is 0 Å². The van der Waals surface area contributed by atoms with Crippen LogP contribution in [0.3, 0.4) is 0 Å². The van der Waals surface area contributed by atoms with Gasteiger partial charge in [-0.15, -0.1) is 0 Å². The Bertz CT molecular complexity index is 98.6. The molecule has 0 fully saturated rings. The van der Waals surface area contributed by atoms with E-state index >= 15 is 0 Å². The fourth-order valence-electron chi connectivity index (χ4n) is 0.273. The Balaban J connectivity index is 3.37. The van der Waals surface area contributed by atoms with E-state index in [1.165, 1.54) is 6.08 Å². The molecule has 0 aromatic carbocycles. The molecule has 0 aliphatic carbocycles. The highest BCUT2D eigenvalue weighted by Gasteiger charge is 1.83. The largest absolute Gasteiger partial charge is 0.291 e. The van der Waals surface area contributed by atoms with Crippen molar-refractivity contribution < 1.29 is 4.79 Å². The predicted octanol–water partition coefficient (Wildman–Crippen LogP) is -0.0575. The molecule has 0 heterocycles. The third-order valence-corrected chi connectivity index (χ3v) is 0.647. The maximum absolute atomic E-state index is 10.2. The molecule has 0 saturated carbocycles. The zero-order valence-electron chi connectivity index (χ0n) is 4.85. The molecule has 8 heavy (non-hydrogen) atoms. The summed E-state index contributed by atoms with van der Waals surface area (Å²) in [5.41, 5.74) is 1.97. The van der Waals surface area contributed by atoms with Crippen LogP contribution in [-0.4, -0.2) is 5.91 Å². The molecule has 0 rings (SSSR count). The van der Waals surface area contributed by atoms with Crippen molar-refractivity contribution in [3.05, 3.63) is 12.2 Å². The lowest BCUT2D eigenvalue weighted by atomic mass is 10.4. The Labute approximate surface area is 48.5 Å². The van der Waals surface area contributed by atoms with Gasteiger partial charge in [0.1, 0.15) is 0 Å². The minimum atomic E-state index is -0.258. The number of hydrogen-bond donors (Lipinski definition) is 2. The van der Waals surface area contributed by atoms with E-state index in [0.29, 0.717) is 0 Å². The van der Waals surface area contributed by atoms with E-state index in [0.717, 1.165) is 6.42 Å². The molecular formula is C5H10N2O. The van der Waals surface area contributed by atoms with E-state index in [4.69, 9.17) is 5.84 Å². The van der Waals surface area contributed by atoms with Gasteiger partial charge in [0.25, 0.3) is 5.91 Å². The summed E-state index contributed by atoms with van der Waals surface area (Å²) in [6, 6.07) is 0. The van der Waals surface area contributed by atoms with Gasteiger partial charge >= 0.3 is 0 Å². The van der Waals surface area contributed by atoms with Crippen LogP contribution in [0.2, 0.25) is 0 Å². The lowest BCUT2D eigenvalue weighted by Gasteiger charge is -1.86. The van der Waals surface area contributed by atoms with Gasteiger partial charge in [0, 0.05) is 6.08 Å². The van der Waals surface area contributed by atoms with Crippen molar-refractivity contribution in [1.82, 2.24) is 5.43 Å². The van der Waals surface area contributed by atoms with Gasteiger partial charge in [-0.3, -0.25) is 10.2 Å². The van der Waals surface area contributed by atoms with Gasteiger partial charge in [0.2, 0.25) is 0 Å². The number of rotatable bonds is 2. The summed E-state index contributed by atoms with van der Waals surface area (Å²) in [5, 5.41) is 0. The number of amides is 1. The van der Waals surface area contributed by atoms with Crippen LogP contribution in [0.5, 0.6) is 0 Å². The second-order valence-corrected chi connectivity index (χ2v) is 1.32. The summed E-state index contributed by atoms with van der Waals surface area (Å²) >= 11 is 0. The fraction of sp³-hybridized carbons (Fsp3) is 0.400. The highest BCUT2D eigenvalue weighted by atomic mass is 16.2. The summed E-state index contributed by atoms with van der Waals surface area (Å²) in [6.07, 6.45) is 4.00. The fourth-order valence-corrected chi connectivity index (χ4v) is 0.273. The molecule has 0 bridgehead atoms. The molecule has 0 aromatic heterocycles. The molecular weight excluding hydrogens is 104 g/mol. The second-order valence-electron chi connectivity index (χ2n) is 1.32. The van der Waals surface area contributed by atoms with Crippen LogP contribution < -0.4 is 11.3 Å². The number of carbonyl (C=O) groups excluding carboxylic acids is 1. The van der Waals surface area contributed by atoms with Crippen molar-refractivity contribution in [2.75, 3.05) is 0 Å². The monoisotopic (exact) mass is 114 g/mol. The first kappa shape index (κ1) is 7.17. The van der Waals surface area contributed by atoms with Crippen LogP contribution in [0.1, 0.15) is 13.3 Å². The lowest BCUT2D eigenvalue weighted by Crippen LogP contribution is -2.27. The van der Waals surface area contributed by atoms with Gasteiger partial charge in [-0.2, -0.15) is 0 Å². The third kappa shape index (κ3) is 3.36. The molecule has 0 aromatic rings. The molecule has 0 aliphatic rings. The second kappa shape index (κ2) is 4.33. The standard InChI is InChI=1S/C5H10N2O/c1-2-3-4-5(8)7-6/h3-4H,2,6H2,1H3,(H,7,8)/b4-3-. The van der Waals surface area contributed by atoms with Gasteiger partial charge in [-0.1, -0.05) is 13.0 Å². The maximum atomic E-state index is 10.2. The molecule has 0 saturated heterocycles. The van der Waals surface area contributed by atoms with Crippen LogP contribution in [0.4, 0.5) is 0 Å². The Kier molecular flexibility index (Phi) is 3.88. The first-order chi connectivity index (χ1) is 3.81. The lowest BCUT2D eigenvalue weighted by molar-refractivity contribution is -0.116. The van der Waals surface area contributed by atoms with Crippen molar-refractivity contribution in [2.24, 2.45) is 5.84 Å². The average Bonchev–Trinajstić information content (AvgIpc) is 1.83. The summed E-state index contributed by atoms with van der Waals surface area (Å²) in [5.74, 6) is 4.50. The Morgan fingerprint density at radius 2 is 2.50 bits per heavy atom. The van der Waals surface area contributed by atoms with Crippen LogP contribution in [0.15, 0.2) is 12.2 Å². The minimum absolute atomic E-state index is 0.258. The van der Waals surface area contributed by atoms with E-state index in [-0.39, 0.29) is 5.91 Å². The van der Waals surface area contributed by atoms with Crippen molar-refractivity contribution in [3.63, 3.8) is 0 Å². The van der Waals surface area contributed by atoms with E-state index in [9.17, 15) is 4.79 Å². The number of hydrazine groups is 1. The molecule has 3 nitrogen and oxygen atoms in total. The zero-order valence-corrected chi connectivity index (χ0v) is 4.85. The quantitative estimate of drug-likeness (QED) is 0.229. The van der Waals surface area contributed by atoms with E-state index < -0.39 is 0 Å². The Morgan fingerprint density at radius 3 is 2.88 bits per heavy atom. The number of allylic oxidation sites excluding steroid dienone is 1. The van der Waals surface area contributed by atoms with Gasteiger partial charge in [-0.25, -0.2) is 5.84 Å². The summed E-state index contributed by atoms with van der Waals surface area (Å²) in [4.78, 5) is 10.2. The molecule has 0 atom stereocenters. The number of carbonyl (C=O) groups is 1.